The minimum Gasteiger partial charge on any atom is -0.480 e. The quantitative estimate of drug-likeness (QED) is 0.154. The highest BCUT2D eigenvalue weighted by Crippen LogP contribution is 1.99. The van der Waals surface area contributed by atoms with Crippen LogP contribution in [0.25, 0.3) is 0 Å². The maximum absolute atomic E-state index is 11.3. The second-order valence-corrected chi connectivity index (χ2v) is 7.45. The molecule has 1 amide bonds. The van der Waals surface area contributed by atoms with Crippen LogP contribution in [0.3, 0.4) is 0 Å². The van der Waals surface area contributed by atoms with Crippen LogP contribution in [0.5, 0.6) is 0 Å². The molecular formula is C25H41NO11. The molecular weight excluding hydrogens is 490 g/mol. The highest BCUT2D eigenvalue weighted by molar-refractivity contribution is 5.77. The van der Waals surface area contributed by atoms with E-state index < -0.39 is 18.5 Å². The van der Waals surface area contributed by atoms with E-state index in [-0.39, 0.29) is 6.61 Å². The number of rotatable bonds is 27. The monoisotopic (exact) mass is 531 g/mol. The van der Waals surface area contributed by atoms with Crippen LogP contribution in [0.2, 0.25) is 0 Å². The number of amides is 1. The highest BCUT2D eigenvalue weighted by atomic mass is 16.6. The zero-order valence-corrected chi connectivity index (χ0v) is 21.4. The molecule has 212 valence electrons. The molecule has 0 atom stereocenters. The number of carbonyl (C=O) groups excluding carboxylic acids is 1. The topological polar surface area (TPSA) is 140 Å². The maximum Gasteiger partial charge on any atom is 0.329 e. The molecule has 12 heteroatoms. The summed E-state index contributed by atoms with van der Waals surface area (Å²) in [4.78, 5) is 21.6. The van der Waals surface area contributed by atoms with Gasteiger partial charge in [0.2, 0.25) is 5.91 Å². The van der Waals surface area contributed by atoms with E-state index >= 15 is 0 Å². The minimum atomic E-state index is -1.12. The van der Waals surface area contributed by atoms with Crippen molar-refractivity contribution in [3.63, 3.8) is 0 Å². The maximum atomic E-state index is 11.3. The Kier molecular flexibility index (Phi) is 22.6. The summed E-state index contributed by atoms with van der Waals surface area (Å²) in [5.41, 5.74) is 1.15. The molecule has 0 spiro atoms. The normalized spacial score (nSPS) is 11.0. The third-order valence-electron chi connectivity index (χ3n) is 4.37. The number of benzene rings is 1. The largest absolute Gasteiger partial charge is 0.480 e. The van der Waals surface area contributed by atoms with Gasteiger partial charge in [-0.15, -0.1) is 0 Å². The third-order valence-corrected chi connectivity index (χ3v) is 4.37. The molecule has 0 unspecified atom stereocenters. The van der Waals surface area contributed by atoms with Crippen LogP contribution in [0.15, 0.2) is 30.3 Å². The van der Waals surface area contributed by atoms with E-state index in [1.54, 1.807) is 0 Å². The molecule has 0 bridgehead atoms. The fraction of sp³-hybridized carbons (Fsp3) is 0.680. The SMILES string of the molecule is O=C(O)COCC(=O)NCCOCCOCCOCCOCCOCCOCCOCc1ccccc1. The van der Waals surface area contributed by atoms with Crippen molar-refractivity contribution in [3.8, 4) is 0 Å². The molecule has 2 N–H and O–H groups in total. The second-order valence-electron chi connectivity index (χ2n) is 7.45. The fourth-order valence-electron chi connectivity index (χ4n) is 2.63. The summed E-state index contributed by atoms with van der Waals surface area (Å²) in [5, 5.41) is 10.9. The lowest BCUT2D eigenvalue weighted by Gasteiger charge is -2.09. The van der Waals surface area contributed by atoms with Gasteiger partial charge < -0.3 is 48.3 Å². The van der Waals surface area contributed by atoms with E-state index in [0.29, 0.717) is 99.0 Å². The Morgan fingerprint density at radius 2 is 1.00 bits per heavy atom. The zero-order chi connectivity index (χ0) is 26.7. The summed E-state index contributed by atoms with van der Waals surface area (Å²) in [5.74, 6) is -1.51. The van der Waals surface area contributed by atoms with Crippen molar-refractivity contribution in [2.75, 3.05) is 106 Å². The first-order valence-electron chi connectivity index (χ1n) is 12.3. The van der Waals surface area contributed by atoms with Crippen molar-refractivity contribution >= 4 is 11.9 Å². The van der Waals surface area contributed by atoms with E-state index in [4.69, 9.17) is 38.3 Å². The molecule has 0 aliphatic carbocycles. The van der Waals surface area contributed by atoms with Crippen LogP contribution in [-0.2, 0) is 54.1 Å². The third kappa shape index (κ3) is 24.0. The van der Waals surface area contributed by atoms with Gasteiger partial charge in [0, 0.05) is 6.54 Å². The van der Waals surface area contributed by atoms with E-state index in [2.05, 4.69) is 10.1 Å². The first-order valence-corrected chi connectivity index (χ1v) is 12.3. The van der Waals surface area contributed by atoms with Crippen LogP contribution in [0.4, 0.5) is 0 Å². The van der Waals surface area contributed by atoms with Gasteiger partial charge >= 0.3 is 5.97 Å². The molecule has 1 rings (SSSR count). The van der Waals surface area contributed by atoms with Gasteiger partial charge in [-0.25, -0.2) is 4.79 Å². The van der Waals surface area contributed by atoms with E-state index in [1.165, 1.54) is 0 Å². The molecule has 1 aromatic carbocycles. The fourth-order valence-corrected chi connectivity index (χ4v) is 2.63. The van der Waals surface area contributed by atoms with Crippen LogP contribution in [-0.4, -0.2) is 123 Å². The van der Waals surface area contributed by atoms with Crippen molar-refractivity contribution in [1.82, 2.24) is 5.32 Å². The van der Waals surface area contributed by atoms with E-state index in [0.717, 1.165) is 5.56 Å². The molecule has 12 nitrogen and oxygen atoms in total. The van der Waals surface area contributed by atoms with Crippen molar-refractivity contribution < 1.29 is 52.6 Å². The number of ether oxygens (including phenoxy) is 8. The van der Waals surface area contributed by atoms with Crippen molar-refractivity contribution in [3.05, 3.63) is 35.9 Å². The number of carbonyl (C=O) groups is 2. The molecule has 0 aliphatic rings. The molecule has 0 saturated carbocycles. The van der Waals surface area contributed by atoms with Gasteiger partial charge in [0.1, 0.15) is 13.2 Å². The lowest BCUT2D eigenvalue weighted by atomic mass is 10.2. The van der Waals surface area contributed by atoms with E-state index in [1.807, 2.05) is 30.3 Å². The molecule has 0 radical (unpaired) electrons. The van der Waals surface area contributed by atoms with Crippen molar-refractivity contribution in [2.45, 2.75) is 6.61 Å². The van der Waals surface area contributed by atoms with E-state index in [9.17, 15) is 9.59 Å². The summed E-state index contributed by atoms with van der Waals surface area (Å²) < 4.78 is 42.6. The van der Waals surface area contributed by atoms with Gasteiger partial charge in [0.25, 0.3) is 0 Å². The van der Waals surface area contributed by atoms with Crippen molar-refractivity contribution in [2.24, 2.45) is 0 Å². The lowest BCUT2D eigenvalue weighted by molar-refractivity contribution is -0.143. The average molecular weight is 532 g/mol. The van der Waals surface area contributed by atoms with Crippen LogP contribution >= 0.6 is 0 Å². The second kappa shape index (κ2) is 25.5. The molecule has 1 aromatic rings. The Hall–Kier alpha value is -2.16. The summed E-state index contributed by atoms with van der Waals surface area (Å²) in [6, 6.07) is 10.0. The number of carboxylic acid groups (broad SMARTS) is 1. The first kappa shape index (κ1) is 32.9. The Morgan fingerprint density at radius 3 is 1.46 bits per heavy atom. The molecule has 0 fully saturated rings. The Balaban J connectivity index is 1.67. The predicted molar refractivity (Wildman–Crippen MR) is 132 cm³/mol. The van der Waals surface area contributed by atoms with Crippen molar-refractivity contribution in [1.29, 1.82) is 0 Å². The zero-order valence-electron chi connectivity index (χ0n) is 21.4. The standard InChI is InChI=1S/C25H41NO11/c27-24(21-37-22-25(28)29)26-6-7-30-8-9-31-10-11-32-12-13-33-14-15-34-16-17-35-18-19-36-20-23-4-2-1-3-5-23/h1-5H,6-22H2,(H,26,27)(H,28,29). The van der Waals surface area contributed by atoms with Crippen LogP contribution < -0.4 is 5.32 Å². The number of nitrogens with one attached hydrogen (secondary N) is 1. The molecule has 0 heterocycles. The van der Waals surface area contributed by atoms with Gasteiger partial charge in [-0.3, -0.25) is 4.79 Å². The number of carboxylic acids is 1. The van der Waals surface area contributed by atoms with Gasteiger partial charge in [-0.05, 0) is 5.56 Å². The van der Waals surface area contributed by atoms with Crippen LogP contribution in [0, 0.1) is 0 Å². The average Bonchev–Trinajstić information content (AvgIpc) is 2.89. The minimum absolute atomic E-state index is 0.295. The van der Waals surface area contributed by atoms with Gasteiger partial charge in [0.05, 0.1) is 92.5 Å². The Labute approximate surface area is 218 Å². The number of aliphatic carboxylic acids is 1. The van der Waals surface area contributed by atoms with Gasteiger partial charge in [-0.1, -0.05) is 30.3 Å². The first-order chi connectivity index (χ1) is 18.2. The smallest absolute Gasteiger partial charge is 0.329 e. The highest BCUT2D eigenvalue weighted by Gasteiger charge is 2.03. The Bertz CT molecular complexity index is 663. The molecule has 0 aromatic heterocycles. The van der Waals surface area contributed by atoms with Gasteiger partial charge in [-0.2, -0.15) is 0 Å². The molecule has 37 heavy (non-hydrogen) atoms. The molecule has 0 saturated heterocycles. The number of hydrogen-bond donors (Lipinski definition) is 2. The molecule has 0 aliphatic heterocycles. The number of hydrogen-bond acceptors (Lipinski definition) is 10. The summed E-state index contributed by atoms with van der Waals surface area (Å²) in [6.45, 7) is 6.19. The van der Waals surface area contributed by atoms with Gasteiger partial charge in [0.15, 0.2) is 0 Å². The summed E-state index contributed by atoms with van der Waals surface area (Å²) in [7, 11) is 0. The lowest BCUT2D eigenvalue weighted by Crippen LogP contribution is -2.31. The predicted octanol–water partition coefficient (Wildman–Crippen LogP) is 0.520. The Morgan fingerprint density at radius 1 is 0.568 bits per heavy atom. The summed E-state index contributed by atoms with van der Waals surface area (Å²) >= 11 is 0. The summed E-state index contributed by atoms with van der Waals surface area (Å²) in [6.07, 6.45) is 0. The van der Waals surface area contributed by atoms with Crippen LogP contribution in [0.1, 0.15) is 5.56 Å².